The summed E-state index contributed by atoms with van der Waals surface area (Å²) >= 11 is 2.01. The van der Waals surface area contributed by atoms with Crippen LogP contribution in [-0.2, 0) is 9.78 Å². The van der Waals surface area contributed by atoms with E-state index in [1.54, 1.807) is 0 Å². The van der Waals surface area contributed by atoms with Crippen molar-refractivity contribution in [3.8, 4) is 0 Å². The number of benzene rings is 1. The van der Waals surface area contributed by atoms with Gasteiger partial charge in [0.15, 0.2) is 0 Å². The van der Waals surface area contributed by atoms with Crippen LogP contribution in [0.2, 0.25) is 0 Å². The zero-order valence-corrected chi connectivity index (χ0v) is 24.1. The summed E-state index contributed by atoms with van der Waals surface area (Å²) < 4.78 is -0.219. The second kappa shape index (κ2) is 7.90. The molecule has 4 saturated carbocycles. The summed E-state index contributed by atoms with van der Waals surface area (Å²) in [6.45, 7) is 7.52. The molecule has 0 amide bonds. The number of rotatable bonds is 1. The van der Waals surface area contributed by atoms with E-state index in [0.717, 1.165) is 51.4 Å². The van der Waals surface area contributed by atoms with E-state index in [2.05, 4.69) is 58.0 Å². The van der Waals surface area contributed by atoms with E-state index >= 15 is 0 Å². The third kappa shape index (κ3) is 3.38. The first-order chi connectivity index (χ1) is 17.4. The molecule has 1 unspecified atom stereocenters. The number of fused-ring (bicyclic) bond motifs is 4. The molecule has 5 fully saturated rings. The summed E-state index contributed by atoms with van der Waals surface area (Å²) in [6.07, 6.45) is 8.27. The molecule has 6 aliphatic rings. The third-order valence-electron chi connectivity index (χ3n) is 11.9. The molecule has 1 saturated heterocycles. The van der Waals surface area contributed by atoms with Gasteiger partial charge < -0.3 is 15.1 Å². The number of anilines is 1. The molecule has 37 heavy (non-hydrogen) atoms. The second-order valence-corrected chi connectivity index (χ2v) is 16.3. The molecule has 0 radical (unpaired) electrons. The van der Waals surface area contributed by atoms with E-state index in [1.807, 2.05) is 11.8 Å². The maximum atomic E-state index is 12.9. The van der Waals surface area contributed by atoms with Crippen LogP contribution in [0, 0.1) is 28.6 Å². The topological polar surface area (TPSA) is 62.2 Å². The Hall–Kier alpha value is -0.790. The average Bonchev–Trinajstić information content (AvgIpc) is 3.12. The first kappa shape index (κ1) is 25.2. The SMILES string of the molecule is CN(C)c1ccc2c(c1)S[C@]13CCC4(CC(C)(C)COO4)C[C@]1(O)CC[C@@H]1[C@@H]3[C@@H]2C[C@]2(C)[C@@H](O)CC[C@@H]12. The van der Waals surface area contributed by atoms with Crippen molar-refractivity contribution < 1.29 is 20.0 Å². The van der Waals surface area contributed by atoms with Gasteiger partial charge in [-0.15, -0.1) is 11.8 Å². The molecule has 7 rings (SSSR count). The van der Waals surface area contributed by atoms with E-state index in [4.69, 9.17) is 9.78 Å². The Labute approximate surface area is 226 Å². The quantitative estimate of drug-likeness (QED) is 0.442. The molecule has 204 valence electrons. The lowest BCUT2D eigenvalue weighted by Gasteiger charge is -2.69. The van der Waals surface area contributed by atoms with Crippen LogP contribution >= 0.6 is 11.8 Å². The number of hydrogen-bond donors (Lipinski definition) is 2. The van der Waals surface area contributed by atoms with Gasteiger partial charge >= 0.3 is 0 Å². The van der Waals surface area contributed by atoms with Gasteiger partial charge in [-0.3, -0.25) is 0 Å². The molecule has 2 aliphatic heterocycles. The number of aliphatic hydroxyl groups excluding tert-OH is 1. The molecule has 1 aromatic carbocycles. The fourth-order valence-corrected chi connectivity index (χ4v) is 12.4. The van der Waals surface area contributed by atoms with Crippen LogP contribution in [0.25, 0.3) is 0 Å². The van der Waals surface area contributed by atoms with Gasteiger partial charge in [0.2, 0.25) is 0 Å². The first-order valence-corrected chi connectivity index (χ1v) is 15.4. The fraction of sp³-hybridized carbons (Fsp3) is 0.806. The van der Waals surface area contributed by atoms with Gasteiger partial charge in [0.05, 0.1) is 23.1 Å². The van der Waals surface area contributed by atoms with Gasteiger partial charge in [-0.05, 0) is 104 Å². The van der Waals surface area contributed by atoms with Gasteiger partial charge in [-0.1, -0.05) is 26.8 Å². The summed E-state index contributed by atoms with van der Waals surface area (Å²) in [5, 5.41) is 24.1. The van der Waals surface area contributed by atoms with Crippen LogP contribution in [0.3, 0.4) is 0 Å². The minimum absolute atomic E-state index is 0.0256. The van der Waals surface area contributed by atoms with Crippen molar-refractivity contribution in [2.24, 2.45) is 28.6 Å². The molecule has 9 atom stereocenters. The Balaban J connectivity index is 1.36. The molecule has 6 heteroatoms. The van der Waals surface area contributed by atoms with Crippen molar-refractivity contribution in [1.29, 1.82) is 0 Å². The molecule has 2 heterocycles. The van der Waals surface area contributed by atoms with E-state index in [-0.39, 0.29) is 21.7 Å². The van der Waals surface area contributed by atoms with Crippen molar-refractivity contribution in [2.45, 2.75) is 111 Å². The van der Waals surface area contributed by atoms with E-state index in [1.165, 1.54) is 16.1 Å². The highest BCUT2D eigenvalue weighted by Gasteiger charge is 2.72. The highest BCUT2D eigenvalue weighted by Crippen LogP contribution is 2.75. The molecule has 0 aromatic heterocycles. The average molecular weight is 528 g/mol. The van der Waals surface area contributed by atoms with Gasteiger partial charge in [-0.25, -0.2) is 9.78 Å². The minimum atomic E-state index is -0.789. The van der Waals surface area contributed by atoms with Crippen molar-refractivity contribution >= 4 is 17.4 Å². The van der Waals surface area contributed by atoms with E-state index in [0.29, 0.717) is 36.7 Å². The molecule has 4 aliphatic carbocycles. The number of hydrogen-bond acceptors (Lipinski definition) is 6. The Kier molecular flexibility index (Phi) is 5.38. The zero-order valence-electron chi connectivity index (χ0n) is 23.3. The van der Waals surface area contributed by atoms with Gasteiger partial charge in [0.25, 0.3) is 0 Å². The van der Waals surface area contributed by atoms with Gasteiger partial charge in [0, 0.05) is 31.1 Å². The zero-order chi connectivity index (χ0) is 26.0. The highest BCUT2D eigenvalue weighted by atomic mass is 32.2. The maximum Gasteiger partial charge on any atom is 0.107 e. The third-order valence-corrected chi connectivity index (χ3v) is 13.7. The lowest BCUT2D eigenvalue weighted by Crippen LogP contribution is -2.71. The Morgan fingerprint density at radius 2 is 1.84 bits per heavy atom. The normalized spacial score (nSPS) is 49.5. The van der Waals surface area contributed by atoms with Crippen LogP contribution in [-0.4, -0.2) is 53.0 Å². The summed E-state index contributed by atoms with van der Waals surface area (Å²) in [7, 11) is 4.22. The van der Waals surface area contributed by atoms with Crippen LogP contribution < -0.4 is 4.90 Å². The molecule has 2 spiro atoms. The van der Waals surface area contributed by atoms with Crippen molar-refractivity contribution in [3.63, 3.8) is 0 Å². The minimum Gasteiger partial charge on any atom is -0.393 e. The molecular formula is C31H45NO4S. The summed E-state index contributed by atoms with van der Waals surface area (Å²) in [6, 6.07) is 7.00. The van der Waals surface area contributed by atoms with Crippen LogP contribution in [0.5, 0.6) is 0 Å². The maximum absolute atomic E-state index is 12.9. The molecule has 2 N–H and O–H groups in total. The van der Waals surface area contributed by atoms with Crippen molar-refractivity contribution in [2.75, 3.05) is 25.6 Å². The van der Waals surface area contributed by atoms with Crippen molar-refractivity contribution in [3.05, 3.63) is 23.8 Å². The molecule has 5 nitrogen and oxygen atoms in total. The van der Waals surface area contributed by atoms with Crippen LogP contribution in [0.1, 0.15) is 90.0 Å². The standard InChI is InChI=1S/C31H45NO4S/c1-27(2)16-29(36-35-18-27)12-13-31-26-21(10-11-30(31,34)17-29)23-8-9-25(33)28(23,3)15-22(26)20-7-6-19(32(4)5)14-24(20)37-31/h6-7,14,21-23,25-26,33-34H,8-13,15-18H2,1-5H3/t21-,22+,23-,25-,26+,28-,29?,30+,31-/m0/s1. The number of aliphatic hydroxyl groups is 2. The lowest BCUT2D eigenvalue weighted by atomic mass is 9.44. The predicted molar refractivity (Wildman–Crippen MR) is 147 cm³/mol. The first-order valence-electron chi connectivity index (χ1n) is 14.6. The Morgan fingerprint density at radius 3 is 2.59 bits per heavy atom. The van der Waals surface area contributed by atoms with Gasteiger partial charge in [0.1, 0.15) is 5.60 Å². The Morgan fingerprint density at radius 1 is 1.03 bits per heavy atom. The lowest BCUT2D eigenvalue weighted by molar-refractivity contribution is -0.419. The van der Waals surface area contributed by atoms with Crippen LogP contribution in [0.4, 0.5) is 5.69 Å². The molecular weight excluding hydrogens is 482 g/mol. The number of nitrogens with zero attached hydrogens (tertiary/aromatic N) is 1. The van der Waals surface area contributed by atoms with E-state index < -0.39 is 11.2 Å². The largest absolute Gasteiger partial charge is 0.393 e. The van der Waals surface area contributed by atoms with Crippen LogP contribution in [0.15, 0.2) is 23.1 Å². The second-order valence-electron chi connectivity index (χ2n) is 14.9. The number of thioether (sulfide) groups is 1. The summed E-state index contributed by atoms with van der Waals surface area (Å²) in [5.74, 6) is 1.93. The Bertz CT molecular complexity index is 1110. The summed E-state index contributed by atoms with van der Waals surface area (Å²) in [5.41, 5.74) is 1.51. The van der Waals surface area contributed by atoms with E-state index in [9.17, 15) is 10.2 Å². The van der Waals surface area contributed by atoms with Crippen molar-refractivity contribution in [1.82, 2.24) is 0 Å². The van der Waals surface area contributed by atoms with Gasteiger partial charge in [-0.2, -0.15) is 0 Å². The highest BCUT2D eigenvalue weighted by molar-refractivity contribution is 8.01. The molecule has 0 bridgehead atoms. The fourth-order valence-electron chi connectivity index (χ4n) is 10.4. The monoisotopic (exact) mass is 527 g/mol. The smallest absolute Gasteiger partial charge is 0.107 e. The summed E-state index contributed by atoms with van der Waals surface area (Å²) in [4.78, 5) is 15.4. The predicted octanol–water partition coefficient (Wildman–Crippen LogP) is 5.92. The molecule has 1 aromatic rings.